The first-order valence-electron chi connectivity index (χ1n) is 6.21. The Bertz CT molecular complexity index is 552. The summed E-state index contributed by atoms with van der Waals surface area (Å²) >= 11 is 0. The first-order chi connectivity index (χ1) is 9.03. The molecule has 3 heteroatoms. The molecular weight excluding hydrogens is 254 g/mol. The Morgan fingerprint density at radius 3 is 2.37 bits per heavy atom. The second-order valence-corrected chi connectivity index (χ2v) is 8.88. The number of hydrogen-bond acceptors (Lipinski definition) is 2. The zero-order valence-corrected chi connectivity index (χ0v) is 12.5. The zero-order chi connectivity index (χ0) is 13.9. The molecule has 0 unspecified atom stereocenters. The lowest BCUT2D eigenvalue weighted by atomic mass is 10.2. The second-order valence-electron chi connectivity index (χ2n) is 5.07. The Kier molecular flexibility index (Phi) is 4.05. The van der Waals surface area contributed by atoms with Crippen molar-refractivity contribution < 1.29 is 4.74 Å². The molecule has 2 nitrogen and oxygen atoms in total. The van der Waals surface area contributed by atoms with Crippen molar-refractivity contribution in [1.29, 1.82) is 0 Å². The van der Waals surface area contributed by atoms with Crippen LogP contribution in [0.1, 0.15) is 5.56 Å². The molecule has 2 rings (SSSR count). The fourth-order valence-electron chi connectivity index (χ4n) is 2.19. The molecule has 0 spiro atoms. The van der Waals surface area contributed by atoms with Crippen LogP contribution in [0.15, 0.2) is 53.4 Å². The van der Waals surface area contributed by atoms with Gasteiger partial charge in [0.1, 0.15) is 5.75 Å². The van der Waals surface area contributed by atoms with Crippen LogP contribution >= 0.6 is 10.0 Å². The largest absolute Gasteiger partial charge is 0.497 e. The lowest BCUT2D eigenvalue weighted by Gasteiger charge is -2.33. The van der Waals surface area contributed by atoms with E-state index in [2.05, 4.69) is 42.8 Å². The summed E-state index contributed by atoms with van der Waals surface area (Å²) in [4.78, 5) is 1.22. The number of methoxy groups -OCH3 is 1. The second kappa shape index (κ2) is 5.57. The third kappa shape index (κ3) is 3.24. The molecule has 0 aliphatic heterocycles. The maximum Gasteiger partial charge on any atom is 0.120 e. The van der Waals surface area contributed by atoms with Gasteiger partial charge in [0.2, 0.25) is 0 Å². The number of hydrogen-bond donors (Lipinski definition) is 1. The van der Waals surface area contributed by atoms with Crippen molar-refractivity contribution in [3.63, 3.8) is 0 Å². The summed E-state index contributed by atoms with van der Waals surface area (Å²) < 4.78 is 5.31. The van der Waals surface area contributed by atoms with Gasteiger partial charge in [-0.3, -0.25) is 0 Å². The molecule has 0 saturated carbocycles. The number of rotatable bonds is 4. The van der Waals surface area contributed by atoms with E-state index in [4.69, 9.17) is 10.5 Å². The molecule has 0 aliphatic carbocycles. The minimum absolute atomic E-state index is 0.858. The summed E-state index contributed by atoms with van der Waals surface area (Å²) in [6.07, 6.45) is 4.59. The van der Waals surface area contributed by atoms with Crippen molar-refractivity contribution in [3.05, 3.63) is 54.1 Å². The van der Waals surface area contributed by atoms with Gasteiger partial charge in [0.25, 0.3) is 0 Å². The number of benzene rings is 2. The van der Waals surface area contributed by atoms with E-state index >= 15 is 0 Å². The molecule has 2 N–H and O–H groups in total. The van der Waals surface area contributed by atoms with Crippen molar-refractivity contribution in [2.45, 2.75) is 10.6 Å². The quantitative estimate of drug-likeness (QED) is 0.859. The highest BCUT2D eigenvalue weighted by molar-refractivity contribution is 8.32. The third-order valence-electron chi connectivity index (χ3n) is 3.19. The van der Waals surface area contributed by atoms with Crippen LogP contribution in [0, 0.1) is 0 Å². The van der Waals surface area contributed by atoms with Crippen molar-refractivity contribution >= 4 is 15.7 Å². The molecule has 0 aromatic heterocycles. The van der Waals surface area contributed by atoms with E-state index in [0.29, 0.717) is 0 Å². The standard InChI is InChI=1S/C16H21NOS/c1-18-14-9-10-15(17)16(11-14)19(2,3)12-13-7-5-4-6-8-13/h4-11H,12,17H2,1-3H3. The lowest BCUT2D eigenvalue weighted by molar-refractivity contribution is 0.414. The SMILES string of the molecule is COc1ccc(N)c(S(C)(C)Cc2ccccc2)c1. The van der Waals surface area contributed by atoms with Gasteiger partial charge in [-0.15, -0.1) is 0 Å². The average Bonchev–Trinajstić information content (AvgIpc) is 2.39. The predicted molar refractivity (Wildman–Crippen MR) is 85.3 cm³/mol. The van der Waals surface area contributed by atoms with Crippen LogP contribution in [0.5, 0.6) is 5.75 Å². The minimum Gasteiger partial charge on any atom is -0.497 e. The van der Waals surface area contributed by atoms with Crippen LogP contribution in [0.4, 0.5) is 5.69 Å². The maximum absolute atomic E-state index is 6.15. The molecule has 2 aromatic rings. The molecular formula is C16H21NOS. The average molecular weight is 275 g/mol. The summed E-state index contributed by atoms with van der Waals surface area (Å²) in [7, 11) is 0.708. The van der Waals surface area contributed by atoms with Gasteiger partial charge in [-0.05, 0) is 36.3 Å². The van der Waals surface area contributed by atoms with Gasteiger partial charge in [0.05, 0.1) is 7.11 Å². The highest BCUT2D eigenvalue weighted by Gasteiger charge is 2.19. The molecule has 0 bridgehead atoms. The smallest absolute Gasteiger partial charge is 0.120 e. The van der Waals surface area contributed by atoms with Crippen LogP contribution in [0.2, 0.25) is 0 Å². The van der Waals surface area contributed by atoms with E-state index in [1.807, 2.05) is 18.2 Å². The Morgan fingerprint density at radius 2 is 1.74 bits per heavy atom. The van der Waals surface area contributed by atoms with E-state index in [1.54, 1.807) is 7.11 Å². The number of anilines is 1. The van der Waals surface area contributed by atoms with E-state index < -0.39 is 10.0 Å². The fraction of sp³-hybridized carbons (Fsp3) is 0.250. The van der Waals surface area contributed by atoms with Gasteiger partial charge < -0.3 is 10.5 Å². The van der Waals surface area contributed by atoms with E-state index in [0.717, 1.165) is 17.2 Å². The van der Waals surface area contributed by atoms with Gasteiger partial charge >= 0.3 is 0 Å². The summed E-state index contributed by atoms with van der Waals surface area (Å²) in [5.74, 6) is 1.91. The molecule has 0 aliphatic rings. The van der Waals surface area contributed by atoms with Crippen LogP contribution < -0.4 is 10.5 Å². The first-order valence-corrected chi connectivity index (χ1v) is 8.83. The van der Waals surface area contributed by atoms with E-state index in [9.17, 15) is 0 Å². The minimum atomic E-state index is -0.982. The van der Waals surface area contributed by atoms with Crippen molar-refractivity contribution in [3.8, 4) is 5.75 Å². The van der Waals surface area contributed by atoms with Crippen molar-refractivity contribution in [2.75, 3.05) is 25.4 Å². The van der Waals surface area contributed by atoms with Gasteiger partial charge in [-0.2, -0.15) is 0 Å². The zero-order valence-electron chi connectivity index (χ0n) is 11.7. The highest BCUT2D eigenvalue weighted by atomic mass is 32.3. The third-order valence-corrected chi connectivity index (χ3v) is 5.79. The maximum atomic E-state index is 6.15. The van der Waals surface area contributed by atoms with Gasteiger partial charge in [0.15, 0.2) is 0 Å². The highest BCUT2D eigenvalue weighted by Crippen LogP contribution is 2.55. The van der Waals surface area contributed by atoms with Crippen LogP contribution in [-0.4, -0.2) is 19.6 Å². The first kappa shape index (κ1) is 13.8. The monoisotopic (exact) mass is 275 g/mol. The molecule has 19 heavy (non-hydrogen) atoms. The number of nitrogens with two attached hydrogens (primary N) is 1. The Hall–Kier alpha value is -1.61. The lowest BCUT2D eigenvalue weighted by Crippen LogP contribution is -2.04. The summed E-state index contributed by atoms with van der Waals surface area (Å²) in [5.41, 5.74) is 8.36. The fourth-order valence-corrected chi connectivity index (χ4v) is 4.51. The molecule has 0 fully saturated rings. The molecule has 2 aromatic carbocycles. The van der Waals surface area contributed by atoms with Crippen LogP contribution in [-0.2, 0) is 5.75 Å². The molecule has 0 radical (unpaired) electrons. The Morgan fingerprint density at radius 1 is 1.05 bits per heavy atom. The van der Waals surface area contributed by atoms with Crippen LogP contribution in [0.25, 0.3) is 0 Å². The van der Waals surface area contributed by atoms with Crippen molar-refractivity contribution in [1.82, 2.24) is 0 Å². The van der Waals surface area contributed by atoms with Gasteiger partial charge in [-0.25, -0.2) is 10.0 Å². The topological polar surface area (TPSA) is 35.2 Å². The van der Waals surface area contributed by atoms with Gasteiger partial charge in [-0.1, -0.05) is 30.3 Å². The Labute approximate surface area is 116 Å². The predicted octanol–water partition coefficient (Wildman–Crippen LogP) is 3.90. The normalized spacial score (nSPS) is 12.2. The van der Waals surface area contributed by atoms with Crippen LogP contribution in [0.3, 0.4) is 0 Å². The Balaban J connectivity index is 2.33. The molecule has 0 saturated heterocycles. The van der Waals surface area contributed by atoms with E-state index in [1.165, 1.54) is 10.5 Å². The number of ether oxygens (including phenoxy) is 1. The number of nitrogen functional groups attached to an aromatic ring is 1. The van der Waals surface area contributed by atoms with Gasteiger partial charge in [0, 0.05) is 16.3 Å². The molecule has 0 atom stereocenters. The molecule has 0 amide bonds. The summed E-state index contributed by atoms with van der Waals surface area (Å²) in [6, 6.07) is 16.5. The summed E-state index contributed by atoms with van der Waals surface area (Å²) in [5, 5.41) is 0. The molecule has 102 valence electrons. The summed E-state index contributed by atoms with van der Waals surface area (Å²) in [6.45, 7) is 0. The van der Waals surface area contributed by atoms with E-state index in [-0.39, 0.29) is 0 Å². The molecule has 0 heterocycles. The van der Waals surface area contributed by atoms with Crippen molar-refractivity contribution in [2.24, 2.45) is 0 Å².